The zero-order chi connectivity index (χ0) is 34.0. The van der Waals surface area contributed by atoms with Crippen LogP contribution in [-0.4, -0.2) is 0 Å². The van der Waals surface area contributed by atoms with Gasteiger partial charge in [-0.05, 0) is 99.0 Å². The van der Waals surface area contributed by atoms with Gasteiger partial charge in [0.2, 0.25) is 0 Å². The smallest absolute Gasteiger partial charge is 0.0622 e. The van der Waals surface area contributed by atoms with Crippen molar-refractivity contribution >= 4 is 64.6 Å². The maximum Gasteiger partial charge on any atom is 0.0636 e. The molecular formula is C40H24. The third-order valence-corrected chi connectivity index (χ3v) is 7.98. The van der Waals surface area contributed by atoms with Crippen molar-refractivity contribution in [1.29, 1.82) is 0 Å². The van der Waals surface area contributed by atoms with E-state index in [9.17, 15) is 5.48 Å². The standard InChI is InChI=1S/C40H24/c1-2-10-26(11-3-1)38-33-15-6-7-16-34(33)39(40-32-14-5-4-9-25(32)21-22-35(38)40)31-23-29-19-17-27-12-8-13-28-18-20-30(24-31)37(29)36(27)28/h1-24H/i8D,12D,13D,17D,18D,19D,20D,23D,24D. The van der Waals surface area contributed by atoms with Crippen LogP contribution in [0.3, 0.4) is 0 Å². The molecule has 0 amide bonds. The first-order valence-corrected chi connectivity index (χ1v) is 13.2. The third kappa shape index (κ3) is 2.96. The monoisotopic (exact) mass is 513 g/mol. The summed E-state index contributed by atoms with van der Waals surface area (Å²) in [5, 5.41) is 5.41. The summed E-state index contributed by atoms with van der Waals surface area (Å²) in [5.41, 5.74) is 2.78. The summed E-state index contributed by atoms with van der Waals surface area (Å²) < 4.78 is 81.6. The molecule has 0 nitrogen and oxygen atoms in total. The molecular weight excluding hydrogens is 480 g/mol. The van der Waals surface area contributed by atoms with Crippen LogP contribution in [-0.2, 0) is 0 Å². The lowest BCUT2D eigenvalue weighted by molar-refractivity contribution is 1.67. The second-order valence-corrected chi connectivity index (χ2v) is 10.1. The first-order chi connectivity index (χ1) is 23.6. The highest BCUT2D eigenvalue weighted by Gasteiger charge is 2.19. The van der Waals surface area contributed by atoms with Crippen LogP contribution >= 0.6 is 0 Å². The quantitative estimate of drug-likeness (QED) is 0.159. The van der Waals surface area contributed by atoms with E-state index in [-0.39, 0.29) is 74.1 Å². The first-order valence-electron chi connectivity index (χ1n) is 17.7. The van der Waals surface area contributed by atoms with Gasteiger partial charge in [-0.1, -0.05) is 133 Å². The molecule has 0 radical (unpaired) electrons. The fraction of sp³-hybridized carbons (Fsp3) is 0. The normalized spacial score (nSPS) is 15.2. The molecule has 0 saturated carbocycles. The zero-order valence-corrected chi connectivity index (χ0v) is 21.2. The Morgan fingerprint density at radius 3 is 1.65 bits per heavy atom. The molecule has 0 atom stereocenters. The van der Waals surface area contributed by atoms with Gasteiger partial charge in [0.25, 0.3) is 0 Å². The van der Waals surface area contributed by atoms with Gasteiger partial charge in [0.05, 0.1) is 12.3 Å². The second kappa shape index (κ2) is 8.15. The molecule has 0 aliphatic carbocycles. The fourth-order valence-corrected chi connectivity index (χ4v) is 6.31. The van der Waals surface area contributed by atoms with Crippen LogP contribution in [0.2, 0.25) is 0 Å². The van der Waals surface area contributed by atoms with Crippen molar-refractivity contribution in [3.05, 3.63) is 145 Å². The lowest BCUT2D eigenvalue weighted by Gasteiger charge is -2.20. The number of hydrogen-bond donors (Lipinski definition) is 0. The lowest BCUT2D eigenvalue weighted by Crippen LogP contribution is -1.93. The summed E-state index contributed by atoms with van der Waals surface area (Å²) in [7, 11) is 0. The van der Waals surface area contributed by atoms with Crippen LogP contribution in [0.1, 0.15) is 12.3 Å². The molecule has 0 saturated heterocycles. The van der Waals surface area contributed by atoms with E-state index in [0.717, 1.165) is 43.4 Å². The summed E-state index contributed by atoms with van der Waals surface area (Å²) in [6.07, 6.45) is 0. The Bertz CT molecular complexity index is 2820. The minimum absolute atomic E-state index is 0.0261. The van der Waals surface area contributed by atoms with E-state index in [1.165, 1.54) is 0 Å². The molecule has 9 aromatic rings. The van der Waals surface area contributed by atoms with Gasteiger partial charge in [0.15, 0.2) is 0 Å². The van der Waals surface area contributed by atoms with Gasteiger partial charge in [-0.3, -0.25) is 0 Å². The minimum atomic E-state index is -0.493. The highest BCUT2D eigenvalue weighted by atomic mass is 14.2. The number of hydrogen-bond acceptors (Lipinski definition) is 0. The average molecular weight is 514 g/mol. The molecule has 0 aliphatic rings. The third-order valence-electron chi connectivity index (χ3n) is 7.98. The van der Waals surface area contributed by atoms with Crippen LogP contribution in [0, 0.1) is 0 Å². The molecule has 184 valence electrons. The molecule has 0 aromatic heterocycles. The van der Waals surface area contributed by atoms with Crippen molar-refractivity contribution in [1.82, 2.24) is 0 Å². The highest BCUT2D eigenvalue weighted by molar-refractivity contribution is 6.29. The van der Waals surface area contributed by atoms with Crippen LogP contribution in [0.25, 0.3) is 86.9 Å². The largest absolute Gasteiger partial charge is 0.0636 e. The number of rotatable bonds is 2. The SMILES string of the molecule is [2H]c1c([2H])c2c([2H])c([2H])c3c([2H])c(-c4c5ccccc5c(-c5ccccc5)c5ccc6ccccc6c45)c([2H])c4c([2H])c([2H])c(c1[2H])c2c34. The van der Waals surface area contributed by atoms with E-state index in [0.29, 0.717) is 5.56 Å². The first kappa shape index (κ1) is 14.8. The molecule has 0 spiro atoms. The van der Waals surface area contributed by atoms with Gasteiger partial charge in [-0.2, -0.15) is 0 Å². The van der Waals surface area contributed by atoms with Gasteiger partial charge < -0.3 is 0 Å². The minimum Gasteiger partial charge on any atom is -0.0622 e. The van der Waals surface area contributed by atoms with Crippen LogP contribution < -0.4 is 0 Å². The Labute approximate surface area is 244 Å². The highest BCUT2D eigenvalue weighted by Crippen LogP contribution is 2.47. The topological polar surface area (TPSA) is 0 Å². The van der Waals surface area contributed by atoms with Crippen molar-refractivity contribution in [2.24, 2.45) is 0 Å². The Morgan fingerprint density at radius 1 is 0.350 bits per heavy atom. The summed E-state index contributed by atoms with van der Waals surface area (Å²) in [4.78, 5) is 0. The molecule has 0 heterocycles. The van der Waals surface area contributed by atoms with E-state index in [2.05, 4.69) is 24.3 Å². The molecule has 0 unspecified atom stereocenters. The summed E-state index contributed by atoms with van der Waals surface area (Å²) in [6, 6.07) is 26.8. The van der Waals surface area contributed by atoms with Crippen LogP contribution in [0.5, 0.6) is 0 Å². The maximum absolute atomic E-state index is 9.79. The summed E-state index contributed by atoms with van der Waals surface area (Å²) >= 11 is 0. The maximum atomic E-state index is 9.79. The Kier molecular flexibility index (Phi) is 3.02. The van der Waals surface area contributed by atoms with Crippen LogP contribution in [0.4, 0.5) is 0 Å². The second-order valence-electron chi connectivity index (χ2n) is 10.1. The van der Waals surface area contributed by atoms with E-state index in [1.807, 2.05) is 66.7 Å². The molecule has 0 fully saturated rings. The van der Waals surface area contributed by atoms with E-state index in [1.54, 1.807) is 0 Å². The molecule has 9 aromatic carbocycles. The van der Waals surface area contributed by atoms with Crippen molar-refractivity contribution in [3.8, 4) is 22.3 Å². The molecule has 0 N–H and O–H groups in total. The van der Waals surface area contributed by atoms with Gasteiger partial charge in [-0.25, -0.2) is 0 Å². The number of fused-ring (bicyclic) bond motifs is 4. The van der Waals surface area contributed by atoms with Crippen molar-refractivity contribution in [2.75, 3.05) is 0 Å². The predicted molar refractivity (Wildman–Crippen MR) is 174 cm³/mol. The van der Waals surface area contributed by atoms with E-state index in [4.69, 9.17) is 6.85 Å². The molecule has 0 heteroatoms. The summed E-state index contributed by atoms with van der Waals surface area (Å²) in [6.45, 7) is 0. The number of benzene rings is 9. The molecule has 9 rings (SSSR count). The Morgan fingerprint density at radius 2 is 0.925 bits per heavy atom. The van der Waals surface area contributed by atoms with Crippen molar-refractivity contribution in [2.45, 2.75) is 0 Å². The van der Waals surface area contributed by atoms with Crippen molar-refractivity contribution < 1.29 is 12.3 Å². The zero-order valence-electron chi connectivity index (χ0n) is 30.2. The fourth-order valence-electron chi connectivity index (χ4n) is 6.31. The Hall–Kier alpha value is -5.20. The van der Waals surface area contributed by atoms with Gasteiger partial charge in [0, 0.05) is 0 Å². The molecule has 0 aliphatic heterocycles. The van der Waals surface area contributed by atoms with Crippen LogP contribution in [0.15, 0.2) is 145 Å². The Balaban J connectivity index is 1.60. The van der Waals surface area contributed by atoms with E-state index >= 15 is 0 Å². The lowest BCUT2D eigenvalue weighted by atomic mass is 9.83. The summed E-state index contributed by atoms with van der Waals surface area (Å²) in [5.74, 6) is 0. The van der Waals surface area contributed by atoms with Gasteiger partial charge in [-0.15, -0.1) is 0 Å². The van der Waals surface area contributed by atoms with E-state index < -0.39 is 18.1 Å². The average Bonchev–Trinajstić information content (AvgIpc) is 3.11. The van der Waals surface area contributed by atoms with Crippen molar-refractivity contribution in [3.63, 3.8) is 0 Å². The molecule has 0 bridgehead atoms. The van der Waals surface area contributed by atoms with Gasteiger partial charge in [0.1, 0.15) is 0 Å². The predicted octanol–water partition coefficient (Wildman–Crippen LogP) is 11.4. The molecule has 40 heavy (non-hydrogen) atoms. The van der Waals surface area contributed by atoms with Gasteiger partial charge >= 0.3 is 0 Å².